The smallest absolute Gasteiger partial charge is 0.393 e. The molecule has 1 aromatic rings. The third-order valence-corrected chi connectivity index (χ3v) is 5.22. The number of rotatable bonds is 6. The number of halogens is 5. The normalized spacial score (nSPS) is 18.0. The molecule has 2 rings (SSSR count). The molecule has 0 aliphatic carbocycles. The second-order valence-electron chi connectivity index (χ2n) is 7.13. The van der Waals surface area contributed by atoms with Gasteiger partial charge in [-0.3, -0.25) is 10.3 Å². The molecule has 0 unspecified atom stereocenters. The molecule has 1 fully saturated rings. The summed E-state index contributed by atoms with van der Waals surface area (Å²) >= 11 is 6.13. The predicted octanol–water partition coefficient (Wildman–Crippen LogP) is 3.78. The third-order valence-electron chi connectivity index (χ3n) is 4.94. The number of urea groups is 1. The number of aliphatic hydroxyl groups excluding tert-OH is 2. The van der Waals surface area contributed by atoms with E-state index in [0.717, 1.165) is 6.08 Å². The molecule has 1 aliphatic rings. The number of nitrogens with zero attached hydrogens (tertiary/aromatic N) is 3. The van der Waals surface area contributed by atoms with Gasteiger partial charge in [0.1, 0.15) is 11.9 Å². The van der Waals surface area contributed by atoms with Crippen LogP contribution in [-0.2, 0) is 5.67 Å². The lowest BCUT2D eigenvalue weighted by Crippen LogP contribution is -2.47. The van der Waals surface area contributed by atoms with Crippen LogP contribution in [0.2, 0.25) is 5.02 Å². The number of hydrogen-bond acceptors (Lipinski definition) is 5. The van der Waals surface area contributed by atoms with Gasteiger partial charge in [0.2, 0.25) is 0 Å². The highest BCUT2D eigenvalue weighted by molar-refractivity contribution is 6.31. The van der Waals surface area contributed by atoms with Crippen LogP contribution in [0, 0.1) is 0 Å². The van der Waals surface area contributed by atoms with E-state index >= 15 is 4.39 Å². The third kappa shape index (κ3) is 6.27. The number of aliphatic hydroxyl groups is 2. The summed E-state index contributed by atoms with van der Waals surface area (Å²) in [5.74, 6) is -0.293. The van der Waals surface area contributed by atoms with Crippen LogP contribution in [0.4, 0.5) is 22.4 Å². The molecule has 1 saturated heterocycles. The van der Waals surface area contributed by atoms with Crippen molar-refractivity contribution in [3.05, 3.63) is 52.6 Å². The Morgan fingerprint density at radius 3 is 2.59 bits per heavy atom. The van der Waals surface area contributed by atoms with Gasteiger partial charge >= 0.3 is 12.2 Å². The zero-order chi connectivity index (χ0) is 24.1. The fourth-order valence-corrected chi connectivity index (χ4v) is 3.41. The zero-order valence-electron chi connectivity index (χ0n) is 17.2. The van der Waals surface area contributed by atoms with Crippen LogP contribution in [0.5, 0.6) is 0 Å². The lowest BCUT2D eigenvalue weighted by Gasteiger charge is -2.36. The number of likely N-dealkylation sites (tertiary alicyclic amines) is 1. The van der Waals surface area contributed by atoms with Gasteiger partial charge in [0.05, 0.1) is 22.9 Å². The van der Waals surface area contributed by atoms with Gasteiger partial charge in [-0.25, -0.2) is 14.2 Å². The zero-order valence-corrected chi connectivity index (χ0v) is 17.9. The molecule has 1 aromatic heterocycles. The van der Waals surface area contributed by atoms with E-state index in [4.69, 9.17) is 16.7 Å². The van der Waals surface area contributed by atoms with E-state index in [1.165, 1.54) is 24.1 Å². The molecule has 7 nitrogen and oxygen atoms in total. The fraction of sp³-hybridized carbons (Fsp3) is 0.450. The van der Waals surface area contributed by atoms with E-state index in [-0.39, 0.29) is 48.0 Å². The first-order chi connectivity index (χ1) is 14.9. The molecular formula is C20H23ClF4N4O3. The Balaban J connectivity index is 1.98. The molecule has 32 heavy (non-hydrogen) atoms. The predicted molar refractivity (Wildman–Crippen MR) is 111 cm³/mol. The SMILES string of the molecule is C=C(N=C/C(=C\C)C(F)(F)F)NC(=O)N1CCC(F)(c2ncc([C@H](O)CO)cc2Cl)CC1. The molecule has 1 aliphatic heterocycles. The van der Waals surface area contributed by atoms with Gasteiger partial charge in [-0.2, -0.15) is 13.2 Å². The van der Waals surface area contributed by atoms with Crippen LogP contribution in [0.15, 0.2) is 41.3 Å². The van der Waals surface area contributed by atoms with Gasteiger partial charge in [-0.05, 0) is 13.0 Å². The largest absolute Gasteiger partial charge is 0.417 e. The van der Waals surface area contributed by atoms with Crippen LogP contribution in [-0.4, -0.2) is 58.2 Å². The summed E-state index contributed by atoms with van der Waals surface area (Å²) in [6.07, 6.45) is -3.40. The highest BCUT2D eigenvalue weighted by Gasteiger charge is 2.40. The maximum atomic E-state index is 15.5. The van der Waals surface area contributed by atoms with Crippen LogP contribution >= 0.6 is 11.6 Å². The lowest BCUT2D eigenvalue weighted by atomic mass is 9.89. The number of amides is 2. The molecule has 1 atom stereocenters. The molecule has 2 heterocycles. The molecule has 3 N–H and O–H groups in total. The van der Waals surface area contributed by atoms with Crippen molar-refractivity contribution in [2.75, 3.05) is 19.7 Å². The minimum absolute atomic E-state index is 0.0115. The van der Waals surface area contributed by atoms with E-state index in [9.17, 15) is 23.1 Å². The average Bonchev–Trinajstić information content (AvgIpc) is 2.72. The molecular weight excluding hydrogens is 456 g/mol. The number of carbonyl (C=O) groups excluding carboxylic acids is 1. The minimum Gasteiger partial charge on any atom is -0.393 e. The van der Waals surface area contributed by atoms with Crippen LogP contribution in [0.25, 0.3) is 0 Å². The van der Waals surface area contributed by atoms with Crippen molar-refractivity contribution in [2.24, 2.45) is 4.99 Å². The van der Waals surface area contributed by atoms with Crippen LogP contribution in [0.1, 0.15) is 37.1 Å². The van der Waals surface area contributed by atoms with Crippen LogP contribution in [0.3, 0.4) is 0 Å². The van der Waals surface area contributed by atoms with Crippen molar-refractivity contribution >= 4 is 23.8 Å². The average molecular weight is 479 g/mol. The van der Waals surface area contributed by atoms with Crippen molar-refractivity contribution in [1.82, 2.24) is 15.2 Å². The Hall–Kier alpha value is -2.50. The quantitative estimate of drug-likeness (QED) is 0.428. The van der Waals surface area contributed by atoms with Gasteiger partial charge in [-0.1, -0.05) is 24.3 Å². The fourth-order valence-electron chi connectivity index (χ4n) is 3.06. The maximum absolute atomic E-state index is 15.5. The Morgan fingerprint density at radius 1 is 1.47 bits per heavy atom. The molecule has 0 spiro atoms. The second kappa shape index (κ2) is 10.4. The van der Waals surface area contributed by atoms with Gasteiger partial charge in [0, 0.05) is 43.9 Å². The highest BCUT2D eigenvalue weighted by atomic mass is 35.5. The van der Waals surface area contributed by atoms with Crippen molar-refractivity contribution in [1.29, 1.82) is 0 Å². The molecule has 0 radical (unpaired) electrons. The molecule has 0 bridgehead atoms. The van der Waals surface area contributed by atoms with Crippen LogP contribution < -0.4 is 5.32 Å². The number of nitrogens with one attached hydrogen (secondary N) is 1. The number of aromatic nitrogens is 1. The van der Waals surface area contributed by atoms with E-state index in [2.05, 4.69) is 21.9 Å². The number of hydrogen-bond donors (Lipinski definition) is 3. The summed E-state index contributed by atoms with van der Waals surface area (Å²) in [5, 5.41) is 20.9. The summed E-state index contributed by atoms with van der Waals surface area (Å²) in [4.78, 5) is 21.1. The van der Waals surface area contributed by atoms with Gasteiger partial charge < -0.3 is 15.1 Å². The summed E-state index contributed by atoms with van der Waals surface area (Å²) in [6, 6.07) is 0.649. The van der Waals surface area contributed by atoms with Gasteiger partial charge in [0.15, 0.2) is 5.67 Å². The van der Waals surface area contributed by atoms with E-state index < -0.39 is 36.2 Å². The molecule has 2 amide bonds. The Kier molecular flexibility index (Phi) is 8.38. The summed E-state index contributed by atoms with van der Waals surface area (Å²) < 4.78 is 53.5. The van der Waals surface area contributed by atoms with Crippen molar-refractivity contribution in [3.63, 3.8) is 0 Å². The number of piperidine rings is 1. The molecule has 12 heteroatoms. The summed E-state index contributed by atoms with van der Waals surface area (Å²) in [5.41, 5.74) is -2.70. The summed E-state index contributed by atoms with van der Waals surface area (Å²) in [7, 11) is 0. The van der Waals surface area contributed by atoms with Crippen molar-refractivity contribution < 1.29 is 32.6 Å². The summed E-state index contributed by atoms with van der Waals surface area (Å²) in [6.45, 7) is 4.05. The number of pyridine rings is 1. The number of allylic oxidation sites excluding steroid dienone is 2. The van der Waals surface area contributed by atoms with Crippen molar-refractivity contribution in [2.45, 2.75) is 37.7 Å². The van der Waals surface area contributed by atoms with E-state index in [1.54, 1.807) is 0 Å². The first kappa shape index (κ1) is 25.8. The number of aliphatic imine (C=N–C) groups is 1. The maximum Gasteiger partial charge on any atom is 0.417 e. The topological polar surface area (TPSA) is 98.1 Å². The highest BCUT2D eigenvalue weighted by Crippen LogP contribution is 2.39. The Morgan fingerprint density at radius 2 is 2.09 bits per heavy atom. The van der Waals surface area contributed by atoms with Gasteiger partial charge in [0.25, 0.3) is 0 Å². The molecule has 176 valence electrons. The minimum atomic E-state index is -4.58. The number of alkyl halides is 4. The first-order valence-electron chi connectivity index (χ1n) is 9.57. The standard InChI is InChI=1S/C20H23ClF4N4O3/c1-3-14(20(23,24)25)10-26-12(2)28-18(32)29-6-4-19(22,5-7-29)17-15(21)8-13(9-27-17)16(31)11-30/h3,8-10,16,30-31H,2,4-7,11H2,1H3,(H,28,32)/b14-3+,26-10?/t16-/m1/s1. The van der Waals surface area contributed by atoms with Gasteiger partial charge in [-0.15, -0.1) is 0 Å². The Bertz CT molecular complexity index is 913. The molecule has 0 aromatic carbocycles. The van der Waals surface area contributed by atoms with E-state index in [0.29, 0.717) is 6.21 Å². The second-order valence-corrected chi connectivity index (χ2v) is 7.53. The number of carbonyl (C=O) groups is 1. The Labute approximate surface area is 187 Å². The lowest BCUT2D eigenvalue weighted by molar-refractivity contribution is -0.0857. The van der Waals surface area contributed by atoms with E-state index in [1.807, 2.05) is 0 Å². The molecule has 0 saturated carbocycles. The monoisotopic (exact) mass is 478 g/mol. The van der Waals surface area contributed by atoms with Crippen molar-refractivity contribution in [3.8, 4) is 0 Å². The first-order valence-corrected chi connectivity index (χ1v) is 9.95.